The number of amides is 1. The van der Waals surface area contributed by atoms with E-state index in [2.05, 4.69) is 31.1 Å². The largest absolute Gasteiger partial charge is 0.352 e. The zero-order valence-corrected chi connectivity index (χ0v) is 14.5. The summed E-state index contributed by atoms with van der Waals surface area (Å²) >= 11 is 0. The highest BCUT2D eigenvalue weighted by molar-refractivity contribution is 5.95. The van der Waals surface area contributed by atoms with Crippen LogP contribution in [0.3, 0.4) is 0 Å². The van der Waals surface area contributed by atoms with Gasteiger partial charge in [-0.25, -0.2) is 0 Å². The average molecular weight is 307 g/mol. The van der Waals surface area contributed by atoms with Gasteiger partial charge in [-0.1, -0.05) is 39.0 Å². The van der Waals surface area contributed by atoms with Crippen LogP contribution < -0.4 is 16.4 Å². The van der Waals surface area contributed by atoms with Crippen molar-refractivity contribution in [1.29, 1.82) is 0 Å². The molecule has 0 aromatic carbocycles. The predicted octanol–water partition coefficient (Wildman–Crippen LogP) is 2.68. The number of hydrogen-bond donors (Lipinski definition) is 3. The second kappa shape index (κ2) is 13.3. The van der Waals surface area contributed by atoms with Gasteiger partial charge in [0.2, 0.25) is 0 Å². The van der Waals surface area contributed by atoms with Gasteiger partial charge in [-0.15, -0.1) is 0 Å². The highest BCUT2D eigenvalue weighted by Crippen LogP contribution is 2.01. The number of carbonyl (C=O) groups is 1. The fourth-order valence-electron chi connectivity index (χ4n) is 2.07. The van der Waals surface area contributed by atoms with Crippen LogP contribution in [0.5, 0.6) is 0 Å². The van der Waals surface area contributed by atoms with Gasteiger partial charge < -0.3 is 16.4 Å². The molecule has 0 spiro atoms. The maximum Gasteiger partial charge on any atom is 0.250 e. The summed E-state index contributed by atoms with van der Waals surface area (Å²) in [4.78, 5) is 11.9. The van der Waals surface area contributed by atoms with E-state index in [1.165, 1.54) is 12.8 Å². The van der Waals surface area contributed by atoms with E-state index in [-0.39, 0.29) is 5.91 Å². The SMILES string of the molecule is C=C(/C=C\C(=C/C)CN)C(=O)NCCCNC(CC)CCC. The number of nitrogens with one attached hydrogen (secondary N) is 2. The first-order valence-corrected chi connectivity index (χ1v) is 8.32. The van der Waals surface area contributed by atoms with E-state index < -0.39 is 0 Å². The molecular weight excluding hydrogens is 274 g/mol. The summed E-state index contributed by atoms with van der Waals surface area (Å²) in [6, 6.07) is 0.592. The molecule has 1 amide bonds. The topological polar surface area (TPSA) is 67.2 Å². The minimum absolute atomic E-state index is 0.121. The Morgan fingerprint density at radius 3 is 2.55 bits per heavy atom. The summed E-state index contributed by atoms with van der Waals surface area (Å²) in [6.45, 7) is 12.2. The fourth-order valence-corrected chi connectivity index (χ4v) is 2.07. The molecule has 1 atom stereocenters. The Morgan fingerprint density at radius 2 is 2.00 bits per heavy atom. The highest BCUT2D eigenvalue weighted by atomic mass is 16.1. The summed E-state index contributed by atoms with van der Waals surface area (Å²) < 4.78 is 0. The van der Waals surface area contributed by atoms with Gasteiger partial charge in [-0.3, -0.25) is 4.79 Å². The lowest BCUT2D eigenvalue weighted by molar-refractivity contribution is -0.117. The van der Waals surface area contributed by atoms with Crippen molar-refractivity contribution in [2.45, 2.75) is 52.5 Å². The van der Waals surface area contributed by atoms with Gasteiger partial charge >= 0.3 is 0 Å². The quantitative estimate of drug-likeness (QED) is 0.295. The standard InChI is InChI=1S/C18H33N3O/c1-5-9-17(7-3)20-12-8-13-21-18(22)15(4)10-11-16(6-2)14-19/h6,10-11,17,20H,4-5,7-9,12-14,19H2,1-3H3,(H,21,22)/b11-10-,16-6+. The Morgan fingerprint density at radius 1 is 1.27 bits per heavy atom. The molecule has 0 rings (SSSR count). The molecule has 0 saturated carbocycles. The van der Waals surface area contributed by atoms with Gasteiger partial charge in [0, 0.05) is 24.7 Å². The van der Waals surface area contributed by atoms with Crippen molar-refractivity contribution < 1.29 is 4.79 Å². The molecule has 0 aliphatic rings. The van der Waals surface area contributed by atoms with E-state index in [4.69, 9.17) is 5.73 Å². The zero-order valence-electron chi connectivity index (χ0n) is 14.5. The normalized spacial score (nSPS) is 13.4. The van der Waals surface area contributed by atoms with Crippen LogP contribution in [0, 0.1) is 0 Å². The molecule has 0 aliphatic carbocycles. The van der Waals surface area contributed by atoms with Crippen molar-refractivity contribution >= 4 is 5.91 Å². The highest BCUT2D eigenvalue weighted by Gasteiger charge is 2.05. The molecule has 0 heterocycles. The zero-order chi connectivity index (χ0) is 16.8. The Bertz CT molecular complexity index is 386. The molecule has 126 valence electrons. The molecule has 1 unspecified atom stereocenters. The van der Waals surface area contributed by atoms with Crippen LogP contribution in [0.4, 0.5) is 0 Å². The van der Waals surface area contributed by atoms with Crippen LogP contribution in [0.2, 0.25) is 0 Å². The third-order valence-electron chi connectivity index (χ3n) is 3.60. The van der Waals surface area contributed by atoms with E-state index >= 15 is 0 Å². The molecule has 0 bridgehead atoms. The lowest BCUT2D eigenvalue weighted by atomic mass is 10.1. The molecule has 4 heteroatoms. The smallest absolute Gasteiger partial charge is 0.250 e. The number of rotatable bonds is 12. The maximum absolute atomic E-state index is 11.9. The third-order valence-corrected chi connectivity index (χ3v) is 3.60. The summed E-state index contributed by atoms with van der Waals surface area (Å²) in [5, 5.41) is 6.41. The van der Waals surface area contributed by atoms with Gasteiger partial charge in [-0.2, -0.15) is 0 Å². The summed E-state index contributed by atoms with van der Waals surface area (Å²) in [6.07, 6.45) is 9.95. The maximum atomic E-state index is 11.9. The molecular formula is C18H33N3O. The van der Waals surface area contributed by atoms with Crippen LogP contribution in [-0.2, 0) is 4.79 Å². The van der Waals surface area contributed by atoms with Crippen molar-refractivity contribution in [2.24, 2.45) is 5.73 Å². The summed E-state index contributed by atoms with van der Waals surface area (Å²) in [7, 11) is 0. The van der Waals surface area contributed by atoms with Gasteiger partial charge in [0.15, 0.2) is 0 Å². The number of hydrogen-bond acceptors (Lipinski definition) is 3. The van der Waals surface area contributed by atoms with Gasteiger partial charge in [-0.05, 0) is 44.4 Å². The van der Waals surface area contributed by atoms with Gasteiger partial charge in [0.25, 0.3) is 5.91 Å². The monoisotopic (exact) mass is 307 g/mol. The van der Waals surface area contributed by atoms with Crippen molar-refractivity contribution in [3.05, 3.63) is 36.0 Å². The van der Waals surface area contributed by atoms with Crippen molar-refractivity contribution in [1.82, 2.24) is 10.6 Å². The number of carbonyl (C=O) groups excluding carboxylic acids is 1. The molecule has 0 saturated heterocycles. The molecule has 0 aromatic heterocycles. The molecule has 0 fully saturated rings. The summed E-state index contributed by atoms with van der Waals surface area (Å²) in [5.41, 5.74) is 7.00. The Labute approximate surface area is 135 Å². The second-order valence-corrected chi connectivity index (χ2v) is 5.38. The Balaban J connectivity index is 3.92. The molecule has 4 nitrogen and oxygen atoms in total. The van der Waals surface area contributed by atoms with Crippen LogP contribution in [0.1, 0.15) is 46.5 Å². The molecule has 22 heavy (non-hydrogen) atoms. The lowest BCUT2D eigenvalue weighted by Gasteiger charge is -2.15. The van der Waals surface area contributed by atoms with E-state index in [0.717, 1.165) is 25.0 Å². The second-order valence-electron chi connectivity index (χ2n) is 5.38. The number of nitrogens with two attached hydrogens (primary N) is 1. The van der Waals surface area contributed by atoms with E-state index in [1.54, 1.807) is 6.08 Å². The fraction of sp³-hybridized carbons (Fsp3) is 0.611. The van der Waals surface area contributed by atoms with Crippen LogP contribution >= 0.6 is 0 Å². The van der Waals surface area contributed by atoms with Crippen LogP contribution in [0.25, 0.3) is 0 Å². The van der Waals surface area contributed by atoms with Crippen molar-refractivity contribution in [2.75, 3.05) is 19.6 Å². The lowest BCUT2D eigenvalue weighted by Crippen LogP contribution is -2.32. The Kier molecular flexibility index (Phi) is 12.4. The van der Waals surface area contributed by atoms with Gasteiger partial charge in [0.05, 0.1) is 0 Å². The average Bonchev–Trinajstić information content (AvgIpc) is 2.53. The minimum Gasteiger partial charge on any atom is -0.352 e. The van der Waals surface area contributed by atoms with Crippen molar-refractivity contribution in [3.63, 3.8) is 0 Å². The van der Waals surface area contributed by atoms with Gasteiger partial charge in [0.1, 0.15) is 0 Å². The minimum atomic E-state index is -0.121. The van der Waals surface area contributed by atoms with Crippen LogP contribution in [0.15, 0.2) is 36.0 Å². The predicted molar refractivity (Wildman–Crippen MR) is 95.7 cm³/mol. The third kappa shape index (κ3) is 9.53. The molecule has 0 aromatic rings. The first kappa shape index (κ1) is 20.6. The van der Waals surface area contributed by atoms with E-state index in [9.17, 15) is 4.79 Å². The molecule has 4 N–H and O–H groups in total. The Hall–Kier alpha value is -1.39. The first-order chi connectivity index (χ1) is 10.6. The first-order valence-electron chi connectivity index (χ1n) is 8.32. The van der Waals surface area contributed by atoms with Crippen molar-refractivity contribution in [3.8, 4) is 0 Å². The van der Waals surface area contributed by atoms with Crippen LogP contribution in [-0.4, -0.2) is 31.6 Å². The number of allylic oxidation sites excluding steroid dienone is 1. The molecule has 0 aliphatic heterocycles. The van der Waals surface area contributed by atoms with E-state index in [0.29, 0.717) is 24.7 Å². The summed E-state index contributed by atoms with van der Waals surface area (Å²) in [5.74, 6) is -0.121. The molecule has 0 radical (unpaired) electrons. The van der Waals surface area contributed by atoms with E-state index in [1.807, 2.05) is 19.1 Å².